The van der Waals surface area contributed by atoms with Crippen LogP contribution in [0, 0.1) is 6.92 Å². The van der Waals surface area contributed by atoms with E-state index >= 15 is 0 Å². The Hall–Kier alpha value is -3.03. The van der Waals surface area contributed by atoms with Gasteiger partial charge in [-0.05, 0) is 37.3 Å². The van der Waals surface area contributed by atoms with Crippen molar-refractivity contribution in [1.29, 1.82) is 0 Å². The third kappa shape index (κ3) is 2.58. The molecule has 1 amide bonds. The number of nitrogens with zero attached hydrogens (tertiary/aromatic N) is 5. The Kier molecular flexibility index (Phi) is 3.65. The smallest absolute Gasteiger partial charge is 0.273 e. The number of aromatic nitrogens is 6. The highest BCUT2D eigenvalue weighted by atomic mass is 16.2. The molecule has 3 aromatic rings. The Bertz CT molecular complexity index is 791. The van der Waals surface area contributed by atoms with E-state index in [1.165, 1.54) is 0 Å². The van der Waals surface area contributed by atoms with E-state index in [-0.39, 0.29) is 5.91 Å². The molecule has 3 rings (SSSR count). The molecular formula is C14H15N7O. The average Bonchev–Trinajstić information content (AvgIpc) is 3.17. The zero-order chi connectivity index (χ0) is 15.5. The Balaban J connectivity index is 1.92. The molecule has 0 spiro atoms. The van der Waals surface area contributed by atoms with Crippen LogP contribution >= 0.6 is 0 Å². The van der Waals surface area contributed by atoms with Crippen LogP contribution in [-0.4, -0.2) is 36.3 Å². The van der Waals surface area contributed by atoms with E-state index in [2.05, 4.69) is 31.0 Å². The van der Waals surface area contributed by atoms with Crippen LogP contribution in [0.2, 0.25) is 0 Å². The number of para-hydroxylation sites is 1. The summed E-state index contributed by atoms with van der Waals surface area (Å²) in [4.78, 5) is 12.5. The zero-order valence-corrected chi connectivity index (χ0v) is 12.2. The second kappa shape index (κ2) is 5.76. The lowest BCUT2D eigenvalue weighted by Gasteiger charge is -2.09. The first-order valence-electron chi connectivity index (χ1n) is 6.87. The molecule has 8 nitrogen and oxygen atoms in total. The van der Waals surface area contributed by atoms with Crippen LogP contribution in [-0.2, 0) is 6.54 Å². The number of aryl methyl sites for hydroxylation is 2. The van der Waals surface area contributed by atoms with Gasteiger partial charge in [0, 0.05) is 12.1 Å². The van der Waals surface area contributed by atoms with Crippen molar-refractivity contribution in [2.45, 2.75) is 20.4 Å². The first-order chi connectivity index (χ1) is 10.7. The van der Waals surface area contributed by atoms with Gasteiger partial charge in [-0.3, -0.25) is 9.48 Å². The lowest BCUT2D eigenvalue weighted by atomic mass is 10.1. The Morgan fingerprint density at radius 3 is 2.91 bits per heavy atom. The molecule has 2 N–H and O–H groups in total. The van der Waals surface area contributed by atoms with Crippen LogP contribution in [0.5, 0.6) is 0 Å². The maximum atomic E-state index is 12.5. The van der Waals surface area contributed by atoms with Crippen LogP contribution in [0.25, 0.3) is 11.4 Å². The molecule has 1 aromatic carbocycles. The number of anilines is 1. The fourth-order valence-corrected chi connectivity index (χ4v) is 2.22. The van der Waals surface area contributed by atoms with Crippen molar-refractivity contribution in [3.8, 4) is 11.4 Å². The number of hydrogen-bond acceptors (Lipinski definition) is 5. The van der Waals surface area contributed by atoms with Crippen LogP contribution in [0.1, 0.15) is 23.1 Å². The molecule has 2 aromatic heterocycles. The predicted molar refractivity (Wildman–Crippen MR) is 80.2 cm³/mol. The summed E-state index contributed by atoms with van der Waals surface area (Å²) < 4.78 is 1.67. The molecule has 0 aliphatic carbocycles. The molecule has 0 bridgehead atoms. The molecule has 22 heavy (non-hydrogen) atoms. The van der Waals surface area contributed by atoms with Gasteiger partial charge in [0.2, 0.25) is 5.82 Å². The number of hydrogen-bond donors (Lipinski definition) is 2. The van der Waals surface area contributed by atoms with Crippen molar-refractivity contribution in [2.75, 3.05) is 5.32 Å². The molecule has 0 aliphatic rings. The molecule has 0 unspecified atom stereocenters. The van der Waals surface area contributed by atoms with Crippen molar-refractivity contribution in [2.24, 2.45) is 0 Å². The SMILES string of the molecule is CCn1nc(C)cc1C(=O)Nc1ccccc1-c1nn[nH]n1. The monoisotopic (exact) mass is 297 g/mol. The Labute approximate surface area is 126 Å². The van der Waals surface area contributed by atoms with Crippen molar-refractivity contribution in [1.82, 2.24) is 30.4 Å². The van der Waals surface area contributed by atoms with Gasteiger partial charge in [0.05, 0.1) is 11.4 Å². The van der Waals surface area contributed by atoms with Crippen molar-refractivity contribution >= 4 is 11.6 Å². The molecule has 0 saturated heterocycles. The molecule has 112 valence electrons. The second-order valence-corrected chi connectivity index (χ2v) is 4.72. The highest BCUT2D eigenvalue weighted by molar-refractivity contribution is 6.05. The van der Waals surface area contributed by atoms with E-state index in [1.54, 1.807) is 16.8 Å². The molecule has 8 heteroatoms. The minimum Gasteiger partial charge on any atom is -0.320 e. The molecular weight excluding hydrogens is 282 g/mol. The maximum Gasteiger partial charge on any atom is 0.273 e. The van der Waals surface area contributed by atoms with Gasteiger partial charge in [-0.25, -0.2) is 0 Å². The van der Waals surface area contributed by atoms with Gasteiger partial charge in [0.25, 0.3) is 5.91 Å². The standard InChI is InChI=1S/C14H15N7O/c1-3-21-12(8-9(2)18-21)14(22)15-11-7-5-4-6-10(11)13-16-19-20-17-13/h4-8H,3H2,1-2H3,(H,15,22)(H,16,17,19,20). The van der Waals surface area contributed by atoms with Crippen LogP contribution in [0.15, 0.2) is 30.3 Å². The Morgan fingerprint density at radius 2 is 2.18 bits per heavy atom. The Morgan fingerprint density at radius 1 is 1.36 bits per heavy atom. The summed E-state index contributed by atoms with van der Waals surface area (Å²) in [5.41, 5.74) is 2.64. The van der Waals surface area contributed by atoms with E-state index in [4.69, 9.17) is 0 Å². The number of nitrogens with one attached hydrogen (secondary N) is 2. The maximum absolute atomic E-state index is 12.5. The lowest BCUT2D eigenvalue weighted by molar-refractivity contribution is 0.101. The molecule has 0 saturated carbocycles. The molecule has 0 fully saturated rings. The molecule has 0 aliphatic heterocycles. The van der Waals surface area contributed by atoms with E-state index in [1.807, 2.05) is 32.0 Å². The third-order valence-electron chi connectivity index (χ3n) is 3.20. The molecule has 0 radical (unpaired) electrons. The number of H-pyrrole nitrogens is 1. The van der Waals surface area contributed by atoms with Gasteiger partial charge < -0.3 is 5.32 Å². The van der Waals surface area contributed by atoms with Gasteiger partial charge in [-0.2, -0.15) is 10.3 Å². The fraction of sp³-hybridized carbons (Fsp3) is 0.214. The molecule has 0 atom stereocenters. The minimum absolute atomic E-state index is 0.224. The highest BCUT2D eigenvalue weighted by Gasteiger charge is 2.16. The van der Waals surface area contributed by atoms with Crippen molar-refractivity contribution < 1.29 is 4.79 Å². The second-order valence-electron chi connectivity index (χ2n) is 4.72. The normalized spacial score (nSPS) is 10.6. The molecule has 2 heterocycles. The summed E-state index contributed by atoms with van der Waals surface area (Å²) in [6, 6.07) is 9.06. The van der Waals surface area contributed by atoms with Crippen LogP contribution < -0.4 is 5.32 Å². The summed E-state index contributed by atoms with van der Waals surface area (Å²) in [5, 5.41) is 21.0. The van der Waals surface area contributed by atoms with Gasteiger partial charge in [-0.15, -0.1) is 10.2 Å². The van der Waals surface area contributed by atoms with Gasteiger partial charge >= 0.3 is 0 Å². The number of aromatic amines is 1. The number of carbonyl (C=O) groups is 1. The minimum atomic E-state index is -0.224. The van der Waals surface area contributed by atoms with E-state index < -0.39 is 0 Å². The number of amides is 1. The van der Waals surface area contributed by atoms with E-state index in [9.17, 15) is 4.79 Å². The topological polar surface area (TPSA) is 101 Å². The van der Waals surface area contributed by atoms with E-state index in [0.717, 1.165) is 5.69 Å². The summed E-state index contributed by atoms with van der Waals surface area (Å²) in [7, 11) is 0. The third-order valence-corrected chi connectivity index (χ3v) is 3.20. The first-order valence-corrected chi connectivity index (χ1v) is 6.87. The zero-order valence-electron chi connectivity index (χ0n) is 12.2. The summed E-state index contributed by atoms with van der Waals surface area (Å²) in [6.07, 6.45) is 0. The van der Waals surface area contributed by atoms with Gasteiger partial charge in [0.1, 0.15) is 5.69 Å². The quantitative estimate of drug-likeness (QED) is 0.762. The predicted octanol–water partition coefficient (Wildman–Crippen LogP) is 1.64. The summed E-state index contributed by atoms with van der Waals surface area (Å²) in [5.74, 6) is 0.203. The highest BCUT2D eigenvalue weighted by Crippen LogP contribution is 2.24. The van der Waals surface area contributed by atoms with Gasteiger partial charge in [-0.1, -0.05) is 12.1 Å². The van der Waals surface area contributed by atoms with Crippen LogP contribution in [0.3, 0.4) is 0 Å². The number of rotatable bonds is 4. The first kappa shape index (κ1) is 13.9. The van der Waals surface area contributed by atoms with Crippen LogP contribution in [0.4, 0.5) is 5.69 Å². The van der Waals surface area contributed by atoms with Crippen molar-refractivity contribution in [3.63, 3.8) is 0 Å². The number of benzene rings is 1. The number of tetrazole rings is 1. The van der Waals surface area contributed by atoms with Gasteiger partial charge in [0.15, 0.2) is 0 Å². The largest absolute Gasteiger partial charge is 0.320 e. The fourth-order valence-electron chi connectivity index (χ4n) is 2.22. The van der Waals surface area contributed by atoms with E-state index in [0.29, 0.717) is 29.3 Å². The van der Waals surface area contributed by atoms with Crippen molar-refractivity contribution in [3.05, 3.63) is 41.7 Å². The lowest BCUT2D eigenvalue weighted by Crippen LogP contribution is -2.17. The number of carbonyl (C=O) groups excluding carboxylic acids is 1. The summed E-state index contributed by atoms with van der Waals surface area (Å²) in [6.45, 7) is 4.43. The summed E-state index contributed by atoms with van der Waals surface area (Å²) >= 11 is 0. The average molecular weight is 297 g/mol.